The number of aromatic nitrogens is 1. The molecule has 0 bridgehead atoms. The van der Waals surface area contributed by atoms with Gasteiger partial charge >= 0.3 is 0 Å². The summed E-state index contributed by atoms with van der Waals surface area (Å²) in [5, 5.41) is 10.1. The van der Waals surface area contributed by atoms with Crippen molar-refractivity contribution in [2.45, 2.75) is 46.1 Å². The van der Waals surface area contributed by atoms with Crippen molar-refractivity contribution in [2.75, 3.05) is 33.2 Å². The Morgan fingerprint density at radius 1 is 1.46 bits per heavy atom. The number of aliphatic imine (C=N–C) groups is 1. The van der Waals surface area contributed by atoms with Gasteiger partial charge in [-0.3, -0.25) is 4.99 Å². The van der Waals surface area contributed by atoms with E-state index in [1.807, 2.05) is 7.05 Å². The molecule has 2 heterocycles. The lowest BCUT2D eigenvalue weighted by Gasteiger charge is -2.16. The summed E-state index contributed by atoms with van der Waals surface area (Å²) in [4.78, 5) is 11.5. The van der Waals surface area contributed by atoms with Crippen molar-refractivity contribution < 1.29 is 0 Å². The molecule has 1 saturated heterocycles. The lowest BCUT2D eigenvalue weighted by Crippen LogP contribution is -2.39. The molecule has 0 aliphatic carbocycles. The zero-order chi connectivity index (χ0) is 16.7. The minimum absolute atomic E-state index is 0. The first-order chi connectivity index (χ1) is 11.1. The smallest absolute Gasteiger partial charge is 0.191 e. The Kier molecular flexibility index (Phi) is 10.1. The van der Waals surface area contributed by atoms with Crippen LogP contribution in [0.15, 0.2) is 10.4 Å². The van der Waals surface area contributed by atoms with Crippen LogP contribution in [0, 0.1) is 5.92 Å². The molecule has 2 N–H and O–H groups in total. The van der Waals surface area contributed by atoms with Gasteiger partial charge in [0.05, 0.1) is 12.2 Å². The molecule has 7 heteroatoms. The number of guanidine groups is 1. The van der Waals surface area contributed by atoms with Crippen molar-refractivity contribution >= 4 is 41.3 Å². The first-order valence-corrected chi connectivity index (χ1v) is 9.61. The molecule has 1 fully saturated rings. The lowest BCUT2D eigenvalue weighted by molar-refractivity contribution is 0.324. The van der Waals surface area contributed by atoms with E-state index in [0.717, 1.165) is 30.0 Å². The fraction of sp³-hybridized carbons (Fsp3) is 0.765. The summed E-state index contributed by atoms with van der Waals surface area (Å²) in [7, 11) is 1.83. The fourth-order valence-electron chi connectivity index (χ4n) is 2.89. The van der Waals surface area contributed by atoms with E-state index in [9.17, 15) is 0 Å². The summed E-state index contributed by atoms with van der Waals surface area (Å²) >= 11 is 1.72. The number of hydrogen-bond acceptors (Lipinski definition) is 4. The highest BCUT2D eigenvalue weighted by Gasteiger charge is 2.21. The van der Waals surface area contributed by atoms with Gasteiger partial charge in [-0.1, -0.05) is 20.8 Å². The molecule has 0 radical (unpaired) electrons. The first-order valence-electron chi connectivity index (χ1n) is 8.73. The van der Waals surface area contributed by atoms with E-state index >= 15 is 0 Å². The molecule has 1 aromatic rings. The van der Waals surface area contributed by atoms with Crippen LogP contribution in [0.2, 0.25) is 0 Å². The van der Waals surface area contributed by atoms with Crippen LogP contribution < -0.4 is 10.6 Å². The molecule has 0 amide bonds. The Bertz CT molecular complexity index is 503. The normalized spacial score (nSPS) is 18.7. The Balaban J connectivity index is 0.00000288. The Hall–Kier alpha value is -0.410. The van der Waals surface area contributed by atoms with Crippen molar-refractivity contribution in [3.05, 3.63) is 16.1 Å². The van der Waals surface area contributed by atoms with Crippen molar-refractivity contribution in [1.82, 2.24) is 20.5 Å². The van der Waals surface area contributed by atoms with E-state index in [4.69, 9.17) is 0 Å². The second kappa shape index (κ2) is 11.3. The molecule has 0 spiro atoms. The van der Waals surface area contributed by atoms with Crippen LogP contribution in [0.25, 0.3) is 0 Å². The maximum atomic E-state index is 4.65. The molecule has 5 nitrogen and oxygen atoms in total. The van der Waals surface area contributed by atoms with Crippen LogP contribution in [-0.4, -0.2) is 49.1 Å². The van der Waals surface area contributed by atoms with Crippen molar-refractivity contribution in [3.8, 4) is 0 Å². The number of nitrogens with zero attached hydrogens (tertiary/aromatic N) is 3. The number of nitrogens with one attached hydrogen (secondary N) is 2. The predicted molar refractivity (Wildman–Crippen MR) is 115 cm³/mol. The fourth-order valence-corrected chi connectivity index (χ4v) is 3.79. The highest BCUT2D eigenvalue weighted by molar-refractivity contribution is 14.0. The molecular weight excluding hydrogens is 433 g/mol. The second-order valence-electron chi connectivity index (χ2n) is 6.58. The van der Waals surface area contributed by atoms with Gasteiger partial charge in [0, 0.05) is 25.5 Å². The van der Waals surface area contributed by atoms with Gasteiger partial charge < -0.3 is 15.5 Å². The summed E-state index contributed by atoms with van der Waals surface area (Å²) in [6.45, 7) is 12.0. The monoisotopic (exact) mass is 465 g/mol. The average molecular weight is 465 g/mol. The van der Waals surface area contributed by atoms with Crippen LogP contribution in [-0.2, 0) is 6.54 Å². The first kappa shape index (κ1) is 21.6. The third-order valence-corrected chi connectivity index (χ3v) is 5.13. The zero-order valence-corrected chi connectivity index (χ0v) is 18.5. The molecule has 0 saturated carbocycles. The largest absolute Gasteiger partial charge is 0.356 e. The summed E-state index contributed by atoms with van der Waals surface area (Å²) in [6, 6.07) is 0. The zero-order valence-electron chi connectivity index (χ0n) is 15.3. The van der Waals surface area contributed by atoms with Crippen molar-refractivity contribution in [1.29, 1.82) is 0 Å². The summed E-state index contributed by atoms with van der Waals surface area (Å²) < 4.78 is 0. The predicted octanol–water partition coefficient (Wildman–Crippen LogP) is 3.28. The van der Waals surface area contributed by atoms with E-state index < -0.39 is 0 Å². The topological polar surface area (TPSA) is 52.5 Å². The Morgan fingerprint density at radius 2 is 2.25 bits per heavy atom. The molecule has 0 aromatic carbocycles. The molecule has 1 aromatic heterocycles. The molecule has 1 aliphatic heterocycles. The third-order valence-electron chi connectivity index (χ3n) is 4.26. The van der Waals surface area contributed by atoms with Gasteiger partial charge in [0.25, 0.3) is 0 Å². The van der Waals surface area contributed by atoms with Gasteiger partial charge in [0.1, 0.15) is 5.01 Å². The second-order valence-corrected chi connectivity index (χ2v) is 7.53. The minimum Gasteiger partial charge on any atom is -0.356 e. The maximum absolute atomic E-state index is 4.65. The Morgan fingerprint density at radius 3 is 2.88 bits per heavy atom. The summed E-state index contributed by atoms with van der Waals surface area (Å²) in [5.41, 5.74) is 1.18. The molecule has 138 valence electrons. The minimum atomic E-state index is 0. The highest BCUT2D eigenvalue weighted by atomic mass is 127. The van der Waals surface area contributed by atoms with Crippen LogP contribution in [0.4, 0.5) is 0 Å². The lowest BCUT2D eigenvalue weighted by atomic mass is 10.1. The van der Waals surface area contributed by atoms with Gasteiger partial charge in [-0.15, -0.1) is 35.3 Å². The average Bonchev–Trinajstić information content (AvgIpc) is 3.17. The van der Waals surface area contributed by atoms with E-state index in [2.05, 4.69) is 51.7 Å². The number of hydrogen-bond donors (Lipinski definition) is 2. The molecule has 1 unspecified atom stereocenters. The van der Waals surface area contributed by atoms with Gasteiger partial charge in [-0.25, -0.2) is 4.98 Å². The third kappa shape index (κ3) is 6.84. The van der Waals surface area contributed by atoms with Crippen LogP contribution in [0.1, 0.15) is 50.2 Å². The van der Waals surface area contributed by atoms with Crippen LogP contribution >= 0.6 is 35.3 Å². The molecule has 1 aliphatic rings. The van der Waals surface area contributed by atoms with Gasteiger partial charge in [0.15, 0.2) is 5.96 Å². The van der Waals surface area contributed by atoms with Gasteiger partial charge in [-0.2, -0.15) is 0 Å². The van der Waals surface area contributed by atoms with Crippen LogP contribution in [0.3, 0.4) is 0 Å². The summed E-state index contributed by atoms with van der Waals surface area (Å²) in [5.74, 6) is 2.10. The number of rotatable bonds is 7. The maximum Gasteiger partial charge on any atom is 0.191 e. The van der Waals surface area contributed by atoms with Gasteiger partial charge in [-0.05, 0) is 37.8 Å². The van der Waals surface area contributed by atoms with Gasteiger partial charge in [0.2, 0.25) is 0 Å². The van der Waals surface area contributed by atoms with Crippen molar-refractivity contribution in [3.63, 3.8) is 0 Å². The molecule has 1 atom stereocenters. The Labute approximate surface area is 167 Å². The number of halogens is 1. The number of thiazole rings is 1. The highest BCUT2D eigenvalue weighted by Crippen LogP contribution is 2.17. The van der Waals surface area contributed by atoms with E-state index in [1.54, 1.807) is 11.3 Å². The van der Waals surface area contributed by atoms with E-state index in [1.165, 1.54) is 38.2 Å². The van der Waals surface area contributed by atoms with E-state index in [-0.39, 0.29) is 24.0 Å². The summed E-state index contributed by atoms with van der Waals surface area (Å²) in [6.07, 6.45) is 2.53. The molecule has 24 heavy (non-hydrogen) atoms. The molecular formula is C17H32IN5S. The van der Waals surface area contributed by atoms with Crippen molar-refractivity contribution in [2.24, 2.45) is 10.9 Å². The quantitative estimate of drug-likeness (QED) is 0.369. The van der Waals surface area contributed by atoms with Crippen LogP contribution in [0.5, 0.6) is 0 Å². The molecule has 2 rings (SSSR count). The SMILES string of the molecule is CCCN1CCC(CNC(=NC)NCc2nc(C(C)C)cs2)C1.I. The number of likely N-dealkylation sites (tertiary alicyclic amines) is 1. The standard InChI is InChI=1S/C17H31N5S.HI/c1-5-7-22-8-6-14(11-22)9-19-17(18-4)20-10-16-21-15(12-23-16)13(2)3;/h12-14H,5-11H2,1-4H3,(H2,18,19,20);1H. The van der Waals surface area contributed by atoms with E-state index in [0.29, 0.717) is 5.92 Å².